The molecule has 1 heterocycles. The van der Waals surface area contributed by atoms with Gasteiger partial charge in [-0.2, -0.15) is 0 Å². The van der Waals surface area contributed by atoms with Crippen LogP contribution in [0.1, 0.15) is 32.6 Å². The summed E-state index contributed by atoms with van der Waals surface area (Å²) in [6.45, 7) is 8.57. The minimum atomic E-state index is 0.220. The minimum absolute atomic E-state index is 0.220. The van der Waals surface area contributed by atoms with E-state index in [0.717, 1.165) is 26.1 Å². The molecule has 1 aliphatic heterocycles. The first kappa shape index (κ1) is 15.9. The van der Waals surface area contributed by atoms with E-state index in [0.29, 0.717) is 0 Å². The standard InChI is InChI=1S/C14H31N3O/c1-4-8-17-10-6-14(13-15,7-11-17)16(2)9-5-12-18-3/h4-13,15H2,1-3H3. The quantitative estimate of drug-likeness (QED) is 0.663. The summed E-state index contributed by atoms with van der Waals surface area (Å²) >= 11 is 0. The van der Waals surface area contributed by atoms with Crippen molar-refractivity contribution < 1.29 is 4.74 Å². The molecule has 0 aromatic carbocycles. The topological polar surface area (TPSA) is 41.7 Å². The summed E-state index contributed by atoms with van der Waals surface area (Å²) in [6, 6.07) is 0. The summed E-state index contributed by atoms with van der Waals surface area (Å²) in [5, 5.41) is 0. The Balaban J connectivity index is 2.43. The SMILES string of the molecule is CCCN1CCC(CN)(N(C)CCCOC)CC1. The molecular formula is C14H31N3O. The summed E-state index contributed by atoms with van der Waals surface area (Å²) in [7, 11) is 3.99. The maximum absolute atomic E-state index is 6.07. The first-order valence-electron chi connectivity index (χ1n) is 7.31. The molecular weight excluding hydrogens is 226 g/mol. The molecule has 0 aromatic heterocycles. The third kappa shape index (κ3) is 4.19. The first-order chi connectivity index (χ1) is 8.68. The van der Waals surface area contributed by atoms with Crippen LogP contribution in [-0.4, -0.2) is 68.8 Å². The molecule has 0 unspecified atom stereocenters. The highest BCUT2D eigenvalue weighted by Crippen LogP contribution is 2.27. The maximum atomic E-state index is 6.07. The van der Waals surface area contributed by atoms with Gasteiger partial charge in [-0.25, -0.2) is 0 Å². The lowest BCUT2D eigenvalue weighted by Gasteiger charge is -2.47. The molecule has 1 aliphatic rings. The highest BCUT2D eigenvalue weighted by atomic mass is 16.5. The lowest BCUT2D eigenvalue weighted by atomic mass is 9.85. The summed E-state index contributed by atoms with van der Waals surface area (Å²) in [4.78, 5) is 5.03. The van der Waals surface area contributed by atoms with Crippen LogP contribution in [0.15, 0.2) is 0 Å². The first-order valence-corrected chi connectivity index (χ1v) is 7.31. The molecule has 108 valence electrons. The van der Waals surface area contributed by atoms with Gasteiger partial charge in [0.1, 0.15) is 0 Å². The van der Waals surface area contributed by atoms with E-state index in [-0.39, 0.29) is 5.54 Å². The largest absolute Gasteiger partial charge is 0.385 e. The number of likely N-dealkylation sites (N-methyl/N-ethyl adjacent to an activating group) is 1. The van der Waals surface area contributed by atoms with E-state index < -0.39 is 0 Å². The smallest absolute Gasteiger partial charge is 0.0474 e. The lowest BCUT2D eigenvalue weighted by Crippen LogP contribution is -2.58. The van der Waals surface area contributed by atoms with Crippen LogP contribution in [0.4, 0.5) is 0 Å². The number of piperidine rings is 1. The Morgan fingerprint density at radius 3 is 2.50 bits per heavy atom. The second-order valence-corrected chi connectivity index (χ2v) is 5.54. The number of nitrogens with two attached hydrogens (primary N) is 1. The van der Waals surface area contributed by atoms with Gasteiger partial charge in [0.05, 0.1) is 0 Å². The molecule has 18 heavy (non-hydrogen) atoms. The second kappa shape index (κ2) is 8.10. The van der Waals surface area contributed by atoms with Crippen molar-refractivity contribution in [3.05, 3.63) is 0 Å². The van der Waals surface area contributed by atoms with Gasteiger partial charge in [0, 0.05) is 32.3 Å². The Bertz CT molecular complexity index is 215. The molecule has 0 amide bonds. The zero-order chi connectivity index (χ0) is 13.4. The normalized spacial score (nSPS) is 20.5. The Morgan fingerprint density at radius 1 is 1.33 bits per heavy atom. The van der Waals surface area contributed by atoms with E-state index >= 15 is 0 Å². The van der Waals surface area contributed by atoms with Gasteiger partial charge < -0.3 is 15.4 Å². The predicted octanol–water partition coefficient (Wildman–Crippen LogP) is 1.16. The number of likely N-dealkylation sites (tertiary alicyclic amines) is 1. The van der Waals surface area contributed by atoms with Crippen LogP contribution in [0.25, 0.3) is 0 Å². The van der Waals surface area contributed by atoms with Crippen LogP contribution >= 0.6 is 0 Å². The third-order valence-corrected chi connectivity index (χ3v) is 4.36. The Morgan fingerprint density at radius 2 is 2.00 bits per heavy atom. The molecule has 0 aromatic rings. The summed E-state index contributed by atoms with van der Waals surface area (Å²) < 4.78 is 5.13. The summed E-state index contributed by atoms with van der Waals surface area (Å²) in [5.74, 6) is 0. The van der Waals surface area contributed by atoms with Crippen molar-refractivity contribution in [3.63, 3.8) is 0 Å². The van der Waals surface area contributed by atoms with Gasteiger partial charge >= 0.3 is 0 Å². The van der Waals surface area contributed by atoms with Gasteiger partial charge in [-0.15, -0.1) is 0 Å². The van der Waals surface area contributed by atoms with E-state index in [1.54, 1.807) is 7.11 Å². The number of nitrogens with zero attached hydrogens (tertiary/aromatic N) is 2. The third-order valence-electron chi connectivity index (χ3n) is 4.36. The number of methoxy groups -OCH3 is 1. The van der Waals surface area contributed by atoms with Crippen molar-refractivity contribution in [2.75, 3.05) is 53.5 Å². The van der Waals surface area contributed by atoms with Crippen molar-refractivity contribution >= 4 is 0 Å². The van der Waals surface area contributed by atoms with Gasteiger partial charge in [-0.1, -0.05) is 6.92 Å². The predicted molar refractivity (Wildman–Crippen MR) is 76.9 cm³/mol. The fourth-order valence-electron chi connectivity index (χ4n) is 2.93. The molecule has 0 radical (unpaired) electrons. The molecule has 1 rings (SSSR count). The average Bonchev–Trinajstić information content (AvgIpc) is 2.40. The zero-order valence-electron chi connectivity index (χ0n) is 12.5. The Hall–Kier alpha value is -0.160. The monoisotopic (exact) mass is 257 g/mol. The van der Waals surface area contributed by atoms with Crippen LogP contribution in [0, 0.1) is 0 Å². The molecule has 1 fully saturated rings. The van der Waals surface area contributed by atoms with Gasteiger partial charge in [-0.3, -0.25) is 4.90 Å². The number of rotatable bonds is 8. The van der Waals surface area contributed by atoms with Crippen LogP contribution in [-0.2, 0) is 4.74 Å². The molecule has 2 N–H and O–H groups in total. The van der Waals surface area contributed by atoms with Crippen molar-refractivity contribution in [2.45, 2.75) is 38.1 Å². The second-order valence-electron chi connectivity index (χ2n) is 5.54. The number of hydrogen-bond donors (Lipinski definition) is 1. The van der Waals surface area contributed by atoms with Crippen LogP contribution in [0.2, 0.25) is 0 Å². The lowest BCUT2D eigenvalue weighted by molar-refractivity contribution is 0.0396. The number of hydrogen-bond acceptors (Lipinski definition) is 4. The maximum Gasteiger partial charge on any atom is 0.0474 e. The molecule has 0 aliphatic carbocycles. The fourth-order valence-corrected chi connectivity index (χ4v) is 2.93. The van der Waals surface area contributed by atoms with Gasteiger partial charge in [0.25, 0.3) is 0 Å². The van der Waals surface area contributed by atoms with Gasteiger partial charge in [0.15, 0.2) is 0 Å². The fraction of sp³-hybridized carbons (Fsp3) is 1.00. The van der Waals surface area contributed by atoms with Crippen molar-refractivity contribution in [2.24, 2.45) is 5.73 Å². The molecule has 0 bridgehead atoms. The molecule has 0 atom stereocenters. The van der Waals surface area contributed by atoms with Gasteiger partial charge in [0.2, 0.25) is 0 Å². The Kier molecular flexibility index (Phi) is 7.15. The van der Waals surface area contributed by atoms with E-state index in [4.69, 9.17) is 10.5 Å². The molecule has 0 saturated carbocycles. The highest BCUT2D eigenvalue weighted by molar-refractivity contribution is 4.95. The summed E-state index contributed by atoms with van der Waals surface area (Å²) in [5.41, 5.74) is 6.29. The zero-order valence-corrected chi connectivity index (χ0v) is 12.5. The van der Waals surface area contributed by atoms with E-state index in [1.807, 2.05) is 0 Å². The minimum Gasteiger partial charge on any atom is -0.385 e. The summed E-state index contributed by atoms with van der Waals surface area (Å²) in [6.07, 6.45) is 4.74. The Labute approximate surface area is 112 Å². The van der Waals surface area contributed by atoms with Crippen LogP contribution in [0.5, 0.6) is 0 Å². The van der Waals surface area contributed by atoms with E-state index in [9.17, 15) is 0 Å². The van der Waals surface area contributed by atoms with Crippen molar-refractivity contribution in [3.8, 4) is 0 Å². The van der Waals surface area contributed by atoms with Crippen LogP contribution < -0.4 is 5.73 Å². The van der Waals surface area contributed by atoms with Crippen molar-refractivity contribution in [1.29, 1.82) is 0 Å². The van der Waals surface area contributed by atoms with E-state index in [1.165, 1.54) is 38.9 Å². The molecule has 1 saturated heterocycles. The average molecular weight is 257 g/mol. The number of ether oxygens (including phenoxy) is 1. The molecule has 0 spiro atoms. The highest BCUT2D eigenvalue weighted by Gasteiger charge is 2.36. The van der Waals surface area contributed by atoms with E-state index in [2.05, 4.69) is 23.8 Å². The molecule has 4 nitrogen and oxygen atoms in total. The molecule has 4 heteroatoms. The van der Waals surface area contributed by atoms with Gasteiger partial charge in [-0.05, 0) is 52.4 Å². The van der Waals surface area contributed by atoms with Crippen molar-refractivity contribution in [1.82, 2.24) is 9.80 Å². The van der Waals surface area contributed by atoms with Crippen LogP contribution in [0.3, 0.4) is 0 Å².